The minimum atomic E-state index is 0. The standard InChI is InChI=1S/C21H25.C13H21.2ClH.Zr/c1-20(2,3)16-7-9-18-14(12-16)11-15-13-17(21(4,5)6)8-10-19(15)18;1-6-10-8-11(7-2)12(9-10)13(3,4)5;;;/h7-10,12H,11H2,1-6H3;8-9H,6-7H2,1-5H3;2*1H;/q2*-1;;;+4/p-2. The van der Waals surface area contributed by atoms with Gasteiger partial charge in [-0.05, 0) is 28.4 Å². The van der Waals surface area contributed by atoms with Crippen molar-refractivity contribution in [2.75, 3.05) is 0 Å². The number of hydrogen-bond donors (Lipinski definition) is 0. The first kappa shape index (κ1) is 36.3. The van der Waals surface area contributed by atoms with Crippen molar-refractivity contribution in [1.29, 1.82) is 0 Å². The van der Waals surface area contributed by atoms with Crippen LogP contribution in [-0.4, -0.2) is 0 Å². The van der Waals surface area contributed by atoms with Crippen LogP contribution in [0.2, 0.25) is 0 Å². The Bertz CT molecular complexity index is 1090. The Morgan fingerprint density at radius 1 is 0.730 bits per heavy atom. The third-order valence-electron chi connectivity index (χ3n) is 7.10. The van der Waals surface area contributed by atoms with Crippen LogP contribution < -0.4 is 24.8 Å². The summed E-state index contributed by atoms with van der Waals surface area (Å²) in [6.07, 6.45) is 3.34. The summed E-state index contributed by atoms with van der Waals surface area (Å²) in [7, 11) is 0. The first-order valence-electron chi connectivity index (χ1n) is 13.1. The third-order valence-corrected chi connectivity index (χ3v) is 7.10. The van der Waals surface area contributed by atoms with Gasteiger partial charge in [-0.1, -0.05) is 118 Å². The summed E-state index contributed by atoms with van der Waals surface area (Å²) in [5, 5.41) is 0. The smallest absolute Gasteiger partial charge is 1.00 e. The van der Waals surface area contributed by atoms with Gasteiger partial charge in [-0.25, -0.2) is 6.07 Å². The summed E-state index contributed by atoms with van der Waals surface area (Å²) in [6.45, 7) is 24.9. The summed E-state index contributed by atoms with van der Waals surface area (Å²) in [4.78, 5) is 0. The molecule has 0 unspecified atom stereocenters. The van der Waals surface area contributed by atoms with E-state index >= 15 is 0 Å². The van der Waals surface area contributed by atoms with E-state index in [0.29, 0.717) is 5.41 Å². The van der Waals surface area contributed by atoms with Crippen LogP contribution in [0.5, 0.6) is 0 Å². The Hall–Kier alpha value is -0.747. The molecule has 0 radical (unpaired) electrons. The molecule has 1 aliphatic rings. The predicted octanol–water partition coefficient (Wildman–Crippen LogP) is 3.49. The van der Waals surface area contributed by atoms with Gasteiger partial charge >= 0.3 is 26.2 Å². The molecule has 0 fully saturated rings. The van der Waals surface area contributed by atoms with Crippen LogP contribution in [0, 0.1) is 6.07 Å². The first-order valence-corrected chi connectivity index (χ1v) is 13.1. The van der Waals surface area contributed by atoms with Gasteiger partial charge in [-0.15, -0.1) is 11.1 Å². The average Bonchev–Trinajstić information content (AvgIpc) is 3.33. The molecule has 3 aromatic carbocycles. The van der Waals surface area contributed by atoms with Crippen LogP contribution in [-0.2, 0) is 61.7 Å². The van der Waals surface area contributed by atoms with E-state index in [-0.39, 0.29) is 61.8 Å². The Morgan fingerprint density at radius 2 is 1.32 bits per heavy atom. The van der Waals surface area contributed by atoms with Crippen LogP contribution >= 0.6 is 0 Å². The Morgan fingerprint density at radius 3 is 1.78 bits per heavy atom. The molecule has 0 saturated carbocycles. The SMILES string of the molecule is CC(C)(C)c1[c-]c2c(cc1)-c1ccc(C(C)(C)C)cc1C2.CCc1cc(C(C)(C)C)c(CC)[cH-]1.[Cl-].[Cl-].[Zr+4]. The van der Waals surface area contributed by atoms with Gasteiger partial charge in [0.1, 0.15) is 0 Å². The van der Waals surface area contributed by atoms with E-state index in [9.17, 15) is 0 Å². The molecule has 0 nitrogen and oxygen atoms in total. The minimum absolute atomic E-state index is 0. The normalized spacial score (nSPS) is 12.2. The molecule has 0 amide bonds. The third kappa shape index (κ3) is 8.62. The summed E-state index contributed by atoms with van der Waals surface area (Å²) >= 11 is 0. The summed E-state index contributed by atoms with van der Waals surface area (Å²) in [6, 6.07) is 19.9. The zero-order valence-electron chi connectivity index (χ0n) is 24.9. The van der Waals surface area contributed by atoms with Crippen molar-refractivity contribution in [3.05, 3.63) is 87.5 Å². The maximum absolute atomic E-state index is 3.67. The predicted molar refractivity (Wildman–Crippen MR) is 150 cm³/mol. The molecule has 3 heteroatoms. The second kappa shape index (κ2) is 13.5. The largest absolute Gasteiger partial charge is 4.00 e. The molecule has 3 aromatic rings. The molecule has 37 heavy (non-hydrogen) atoms. The minimum Gasteiger partial charge on any atom is -1.00 e. The van der Waals surface area contributed by atoms with Crippen LogP contribution in [0.15, 0.2) is 42.5 Å². The Labute approximate surface area is 259 Å². The van der Waals surface area contributed by atoms with E-state index in [0.717, 1.165) is 19.3 Å². The average molecular weight is 617 g/mol. The maximum Gasteiger partial charge on any atom is 4.00 e. The van der Waals surface area contributed by atoms with Crippen molar-refractivity contribution in [2.24, 2.45) is 0 Å². The molecule has 0 aliphatic heterocycles. The van der Waals surface area contributed by atoms with E-state index < -0.39 is 0 Å². The number of rotatable bonds is 2. The number of halogens is 2. The maximum atomic E-state index is 3.67. The summed E-state index contributed by atoms with van der Waals surface area (Å²) < 4.78 is 0. The van der Waals surface area contributed by atoms with Crippen molar-refractivity contribution in [3.8, 4) is 11.1 Å². The fourth-order valence-electron chi connectivity index (χ4n) is 4.84. The van der Waals surface area contributed by atoms with Crippen molar-refractivity contribution in [3.63, 3.8) is 0 Å². The molecule has 0 aromatic heterocycles. The van der Waals surface area contributed by atoms with Gasteiger partial charge in [0.15, 0.2) is 0 Å². The second-order valence-electron chi connectivity index (χ2n) is 13.1. The topological polar surface area (TPSA) is 0 Å². The number of fused-ring (bicyclic) bond motifs is 3. The zero-order chi connectivity index (χ0) is 25.5. The van der Waals surface area contributed by atoms with Gasteiger partial charge < -0.3 is 24.8 Å². The number of benzene rings is 2. The van der Waals surface area contributed by atoms with Gasteiger partial charge in [-0.3, -0.25) is 0 Å². The molecule has 0 atom stereocenters. The summed E-state index contributed by atoms with van der Waals surface area (Å²) in [5.74, 6) is 0. The van der Waals surface area contributed by atoms with Gasteiger partial charge in [0.05, 0.1) is 0 Å². The Kier molecular flexibility index (Phi) is 13.3. The van der Waals surface area contributed by atoms with Crippen LogP contribution in [0.3, 0.4) is 0 Å². The van der Waals surface area contributed by atoms with Crippen LogP contribution in [0.4, 0.5) is 0 Å². The van der Waals surface area contributed by atoms with E-state index in [1.807, 2.05) is 0 Å². The molecule has 0 bridgehead atoms. The molecular formula is C34H46Cl2Zr. The van der Waals surface area contributed by atoms with Crippen LogP contribution in [0.25, 0.3) is 11.1 Å². The zero-order valence-corrected chi connectivity index (χ0v) is 28.9. The molecule has 1 aliphatic carbocycles. The fourth-order valence-corrected chi connectivity index (χ4v) is 4.84. The van der Waals surface area contributed by atoms with Crippen molar-refractivity contribution < 1.29 is 51.0 Å². The number of hydrogen-bond acceptors (Lipinski definition) is 0. The molecule has 200 valence electrons. The second-order valence-corrected chi connectivity index (χ2v) is 13.1. The van der Waals surface area contributed by atoms with E-state index in [1.165, 1.54) is 50.1 Å². The quantitative estimate of drug-likeness (QED) is 0.303. The summed E-state index contributed by atoms with van der Waals surface area (Å²) in [5.41, 5.74) is 13.6. The molecule has 0 saturated heterocycles. The van der Waals surface area contributed by atoms with Gasteiger partial charge in [-0.2, -0.15) is 46.5 Å². The first-order chi connectivity index (χ1) is 15.6. The van der Waals surface area contributed by atoms with Crippen LogP contribution in [0.1, 0.15) is 115 Å². The number of aryl methyl sites for hydroxylation is 2. The van der Waals surface area contributed by atoms with Gasteiger partial charge in [0.2, 0.25) is 0 Å². The molecule has 0 N–H and O–H groups in total. The fraction of sp³-hybridized carbons (Fsp3) is 0.500. The van der Waals surface area contributed by atoms with Crippen molar-refractivity contribution >= 4 is 0 Å². The van der Waals surface area contributed by atoms with E-state index in [4.69, 9.17) is 0 Å². The van der Waals surface area contributed by atoms with Crippen molar-refractivity contribution in [2.45, 2.75) is 112 Å². The van der Waals surface area contributed by atoms with Gasteiger partial charge in [0.25, 0.3) is 0 Å². The molecule has 0 spiro atoms. The van der Waals surface area contributed by atoms with Crippen molar-refractivity contribution in [1.82, 2.24) is 0 Å². The monoisotopic (exact) mass is 614 g/mol. The molecule has 4 rings (SSSR count). The van der Waals surface area contributed by atoms with E-state index in [2.05, 4.69) is 125 Å². The molecular weight excluding hydrogens is 571 g/mol. The van der Waals surface area contributed by atoms with E-state index in [1.54, 1.807) is 0 Å². The van der Waals surface area contributed by atoms with Gasteiger partial charge in [0, 0.05) is 0 Å². The molecule has 0 heterocycles. The Balaban J connectivity index is 0.000000712.